The fourth-order valence-electron chi connectivity index (χ4n) is 4.19. The van der Waals surface area contributed by atoms with Gasteiger partial charge in [-0.1, -0.05) is 70.1 Å². The Morgan fingerprint density at radius 1 is 0.596 bits per heavy atom. The molecule has 4 rings (SSSR count). The highest BCUT2D eigenvalue weighted by Gasteiger charge is 2.13. The molecule has 0 aromatic heterocycles. The van der Waals surface area contributed by atoms with Gasteiger partial charge in [-0.25, -0.2) is 45.0 Å². The van der Waals surface area contributed by atoms with E-state index in [9.17, 15) is 16.8 Å². The van der Waals surface area contributed by atoms with Gasteiger partial charge in [-0.15, -0.1) is 6.42 Å². The van der Waals surface area contributed by atoms with E-state index in [4.69, 9.17) is 35.4 Å². The van der Waals surface area contributed by atoms with Gasteiger partial charge in [0.1, 0.15) is 37.9 Å². The van der Waals surface area contributed by atoms with Crippen LogP contribution in [0.15, 0.2) is 102 Å². The molecule has 4 aromatic carbocycles. The lowest BCUT2D eigenvalue weighted by Gasteiger charge is -2.16. The number of terminal acetylenes is 1. The summed E-state index contributed by atoms with van der Waals surface area (Å²) in [7, 11) is -3.40. The zero-order chi connectivity index (χ0) is 42.1. The maximum Gasteiger partial charge on any atom is 0.211 e. The van der Waals surface area contributed by atoms with Crippen molar-refractivity contribution in [2.75, 3.05) is 66.1 Å². The Kier molecular flexibility index (Phi) is 22.8. The Morgan fingerprint density at radius 3 is 1.47 bits per heavy atom. The van der Waals surface area contributed by atoms with E-state index in [1.165, 1.54) is 22.7 Å². The van der Waals surface area contributed by atoms with Crippen LogP contribution in [-0.2, 0) is 52.8 Å². The standard InChI is InChI=1S/C21H25NO5S.C13H20BrNO5S.C8H6/c1-4-26-27-17-20-16-19(11-10-18-8-6-5-7-9-18)12-13-21(20)25-15-14-22(2)28(3,23)24;1-4-19-20-10-11-9-12(14)5-6-13(11)18-8-7-15(2)21(3,16)17;1-2-8-6-4-3-5-7-8/h5-9,12-13,16H,4,14-15,17H2,1-3H3;5-6,9H,4,7-8,10H2,1-3H3;1,3-7H. The molecule has 4 aromatic rings. The second-order valence-electron chi connectivity index (χ2n) is 11.9. The van der Waals surface area contributed by atoms with E-state index in [1.54, 1.807) is 12.1 Å². The van der Waals surface area contributed by atoms with Crippen molar-refractivity contribution in [2.24, 2.45) is 0 Å². The van der Waals surface area contributed by atoms with Gasteiger partial charge in [0.25, 0.3) is 0 Å². The van der Waals surface area contributed by atoms with E-state index in [0.717, 1.165) is 44.8 Å². The number of hydrogen-bond donors (Lipinski definition) is 0. The first-order valence-electron chi connectivity index (χ1n) is 17.7. The maximum atomic E-state index is 11.5. The lowest BCUT2D eigenvalue weighted by molar-refractivity contribution is -0.300. The number of ether oxygens (including phenoxy) is 2. The smallest absolute Gasteiger partial charge is 0.211 e. The van der Waals surface area contributed by atoms with Gasteiger partial charge < -0.3 is 9.47 Å². The topological polar surface area (TPSA) is 130 Å². The molecule has 15 heteroatoms. The van der Waals surface area contributed by atoms with Crippen LogP contribution >= 0.6 is 15.9 Å². The van der Waals surface area contributed by atoms with Crippen molar-refractivity contribution in [1.29, 1.82) is 0 Å². The van der Waals surface area contributed by atoms with E-state index in [0.29, 0.717) is 24.7 Å². The Bertz CT molecular complexity index is 2100. The Labute approximate surface area is 347 Å². The van der Waals surface area contributed by atoms with Crippen LogP contribution in [-0.4, -0.2) is 91.6 Å². The molecule has 308 valence electrons. The van der Waals surface area contributed by atoms with Crippen LogP contribution in [0.5, 0.6) is 11.5 Å². The Morgan fingerprint density at radius 2 is 1.04 bits per heavy atom. The van der Waals surface area contributed by atoms with Crippen LogP contribution in [0.25, 0.3) is 0 Å². The molecular formula is C42H51BrN2O10S2. The monoisotopic (exact) mass is 886 g/mol. The first-order chi connectivity index (χ1) is 27.2. The third-order valence-electron chi connectivity index (χ3n) is 7.44. The lowest BCUT2D eigenvalue weighted by atomic mass is 10.1. The van der Waals surface area contributed by atoms with E-state index in [-0.39, 0.29) is 39.5 Å². The van der Waals surface area contributed by atoms with Crippen LogP contribution < -0.4 is 9.47 Å². The highest BCUT2D eigenvalue weighted by Crippen LogP contribution is 2.24. The summed E-state index contributed by atoms with van der Waals surface area (Å²) in [5, 5.41) is 0. The van der Waals surface area contributed by atoms with Gasteiger partial charge in [0.15, 0.2) is 0 Å². The lowest BCUT2D eigenvalue weighted by Crippen LogP contribution is -2.29. The molecule has 0 N–H and O–H groups in total. The molecule has 57 heavy (non-hydrogen) atoms. The molecule has 0 radical (unpaired) electrons. The first kappa shape index (κ1) is 48.9. The summed E-state index contributed by atoms with van der Waals surface area (Å²) < 4.78 is 60.3. The van der Waals surface area contributed by atoms with E-state index in [2.05, 4.69) is 33.7 Å². The van der Waals surface area contributed by atoms with E-state index < -0.39 is 20.0 Å². The SMILES string of the molecule is C#Cc1ccccc1.CCOOCc1cc(Br)ccc1OCCN(C)S(C)(=O)=O.CCOOCc1cc(C#Cc2ccccc2)ccc1OCCN(C)S(C)(=O)=O. The second-order valence-corrected chi connectivity index (χ2v) is 17.0. The summed E-state index contributed by atoms with van der Waals surface area (Å²) >= 11 is 3.38. The van der Waals surface area contributed by atoms with Gasteiger partial charge in [-0.2, -0.15) is 0 Å². The normalized spacial score (nSPS) is 10.9. The number of benzene rings is 4. The van der Waals surface area contributed by atoms with Crippen LogP contribution in [0.1, 0.15) is 41.7 Å². The van der Waals surface area contributed by atoms with Gasteiger partial charge in [-0.3, -0.25) is 0 Å². The average molecular weight is 888 g/mol. The van der Waals surface area contributed by atoms with Crippen molar-refractivity contribution >= 4 is 36.0 Å². The third kappa shape index (κ3) is 20.6. The van der Waals surface area contributed by atoms with Crippen molar-refractivity contribution in [1.82, 2.24) is 8.61 Å². The van der Waals surface area contributed by atoms with Gasteiger partial charge >= 0.3 is 0 Å². The molecule has 0 bridgehead atoms. The van der Waals surface area contributed by atoms with Crippen molar-refractivity contribution in [3.8, 4) is 35.7 Å². The Hall–Kier alpha value is -4.26. The summed E-state index contributed by atoms with van der Waals surface area (Å²) in [5.74, 6) is 10.0. The maximum absolute atomic E-state index is 11.5. The minimum absolute atomic E-state index is 0.200. The number of nitrogens with zero attached hydrogens (tertiary/aromatic N) is 2. The predicted molar refractivity (Wildman–Crippen MR) is 226 cm³/mol. The summed E-state index contributed by atoms with van der Waals surface area (Å²) in [6.45, 7) is 6.02. The van der Waals surface area contributed by atoms with Crippen LogP contribution in [0, 0.1) is 24.2 Å². The molecule has 0 unspecified atom stereocenters. The number of hydrogen-bond acceptors (Lipinski definition) is 10. The number of likely N-dealkylation sites (N-methyl/N-ethyl adjacent to an activating group) is 2. The highest BCUT2D eigenvalue weighted by molar-refractivity contribution is 9.10. The number of sulfonamides is 2. The zero-order valence-electron chi connectivity index (χ0n) is 33.1. The summed E-state index contributed by atoms with van der Waals surface area (Å²) in [4.78, 5) is 20.0. The van der Waals surface area contributed by atoms with E-state index >= 15 is 0 Å². The van der Waals surface area contributed by atoms with Crippen molar-refractivity contribution in [3.05, 3.63) is 129 Å². The Balaban J connectivity index is 0.000000338. The summed E-state index contributed by atoms with van der Waals surface area (Å²) in [6, 6.07) is 30.4. The van der Waals surface area contributed by atoms with Crippen molar-refractivity contribution in [2.45, 2.75) is 27.1 Å². The zero-order valence-corrected chi connectivity index (χ0v) is 36.4. The molecular weight excluding hydrogens is 837 g/mol. The molecule has 0 heterocycles. The van der Waals surface area contributed by atoms with Crippen molar-refractivity contribution < 1.29 is 45.9 Å². The van der Waals surface area contributed by atoms with Crippen LogP contribution in [0.2, 0.25) is 0 Å². The van der Waals surface area contributed by atoms with Gasteiger partial charge in [0.05, 0.1) is 25.7 Å². The highest BCUT2D eigenvalue weighted by atomic mass is 79.9. The molecule has 0 spiro atoms. The number of rotatable bonds is 18. The molecule has 0 aliphatic heterocycles. The molecule has 0 aliphatic carbocycles. The molecule has 0 atom stereocenters. The molecule has 0 fully saturated rings. The molecule has 0 aliphatic rings. The summed E-state index contributed by atoms with van der Waals surface area (Å²) in [5.41, 5.74) is 4.28. The fraction of sp³-hybridized carbons (Fsp3) is 0.333. The van der Waals surface area contributed by atoms with E-state index in [1.807, 2.05) is 98.8 Å². The largest absolute Gasteiger partial charge is 0.492 e. The average Bonchev–Trinajstić information content (AvgIpc) is 3.19. The van der Waals surface area contributed by atoms with Crippen molar-refractivity contribution in [3.63, 3.8) is 0 Å². The molecule has 0 saturated heterocycles. The van der Waals surface area contributed by atoms with Crippen LogP contribution in [0.4, 0.5) is 0 Å². The van der Waals surface area contributed by atoms with Gasteiger partial charge in [-0.05, 0) is 74.5 Å². The van der Waals surface area contributed by atoms with Gasteiger partial charge in [0.2, 0.25) is 20.0 Å². The van der Waals surface area contributed by atoms with Gasteiger partial charge in [0, 0.05) is 59.5 Å². The van der Waals surface area contributed by atoms with Crippen LogP contribution in [0.3, 0.4) is 0 Å². The minimum Gasteiger partial charge on any atom is -0.492 e. The second kappa shape index (κ2) is 26.6. The fourth-order valence-corrected chi connectivity index (χ4v) is 5.41. The number of halogens is 1. The minimum atomic E-state index is -3.24. The first-order valence-corrected chi connectivity index (χ1v) is 22.2. The molecule has 12 nitrogen and oxygen atoms in total. The molecule has 0 saturated carbocycles. The predicted octanol–water partition coefficient (Wildman–Crippen LogP) is 6.68. The quantitative estimate of drug-likeness (QED) is 0.0462. The third-order valence-corrected chi connectivity index (χ3v) is 10.6. The molecule has 0 amide bonds. The summed E-state index contributed by atoms with van der Waals surface area (Å²) in [6.07, 6.45) is 7.42.